The molecule has 1 aliphatic rings. The van der Waals surface area contributed by atoms with Gasteiger partial charge >= 0.3 is 0 Å². The van der Waals surface area contributed by atoms with Crippen LogP contribution >= 0.6 is 0 Å². The molecule has 0 radical (unpaired) electrons. The quantitative estimate of drug-likeness (QED) is 0.651. The Morgan fingerprint density at radius 1 is 1.20 bits per heavy atom. The van der Waals surface area contributed by atoms with Crippen LogP contribution in [-0.2, 0) is 9.84 Å². The van der Waals surface area contributed by atoms with Crippen LogP contribution in [-0.4, -0.2) is 42.7 Å². The molecule has 7 heteroatoms. The Kier molecular flexibility index (Phi) is 3.56. The molecular formula is C13H16N2O4S. The zero-order valence-electron chi connectivity index (χ0n) is 11.3. The highest BCUT2D eigenvalue weighted by Gasteiger charge is 2.37. The summed E-state index contributed by atoms with van der Waals surface area (Å²) < 4.78 is 23.5. The van der Waals surface area contributed by atoms with Gasteiger partial charge in [0.1, 0.15) is 0 Å². The van der Waals surface area contributed by atoms with Gasteiger partial charge in [-0.05, 0) is 26.0 Å². The van der Waals surface area contributed by atoms with Crippen LogP contribution in [0.4, 0.5) is 5.69 Å². The van der Waals surface area contributed by atoms with Gasteiger partial charge in [-0.3, -0.25) is 14.5 Å². The molecule has 0 spiro atoms. The summed E-state index contributed by atoms with van der Waals surface area (Å²) in [5.41, 5.74) is 6.33. The molecule has 0 aromatic heterocycles. The van der Waals surface area contributed by atoms with Gasteiger partial charge in [0.25, 0.3) is 11.8 Å². The molecule has 1 heterocycles. The zero-order valence-corrected chi connectivity index (χ0v) is 12.1. The molecule has 0 aliphatic carbocycles. The van der Waals surface area contributed by atoms with E-state index in [4.69, 9.17) is 5.73 Å². The van der Waals surface area contributed by atoms with Crippen molar-refractivity contribution in [3.8, 4) is 0 Å². The summed E-state index contributed by atoms with van der Waals surface area (Å²) in [7, 11) is -3.31. The van der Waals surface area contributed by atoms with Crippen molar-refractivity contribution >= 4 is 27.3 Å². The lowest BCUT2D eigenvalue weighted by Gasteiger charge is -2.15. The fourth-order valence-electron chi connectivity index (χ4n) is 2.02. The number of hydrogen-bond acceptors (Lipinski definition) is 5. The number of rotatable bonds is 4. The average Bonchev–Trinajstić information content (AvgIpc) is 2.61. The van der Waals surface area contributed by atoms with Gasteiger partial charge in [0.2, 0.25) is 0 Å². The van der Waals surface area contributed by atoms with Crippen molar-refractivity contribution in [1.82, 2.24) is 4.90 Å². The normalized spacial score (nSPS) is 15.1. The molecule has 0 saturated carbocycles. The van der Waals surface area contributed by atoms with Gasteiger partial charge in [-0.15, -0.1) is 0 Å². The Balaban J connectivity index is 2.24. The van der Waals surface area contributed by atoms with Crippen molar-refractivity contribution in [2.75, 3.05) is 18.0 Å². The molecule has 2 rings (SSSR count). The predicted molar refractivity (Wildman–Crippen MR) is 75.1 cm³/mol. The molecule has 1 aromatic rings. The highest BCUT2D eigenvalue weighted by atomic mass is 32.2. The fraction of sp³-hybridized carbons (Fsp3) is 0.385. The summed E-state index contributed by atoms with van der Waals surface area (Å²) in [6.07, 6.45) is 0. The van der Waals surface area contributed by atoms with Crippen LogP contribution < -0.4 is 5.73 Å². The van der Waals surface area contributed by atoms with E-state index in [1.54, 1.807) is 26.0 Å². The van der Waals surface area contributed by atoms with Gasteiger partial charge in [0.15, 0.2) is 9.84 Å². The molecule has 2 N–H and O–H groups in total. The van der Waals surface area contributed by atoms with Gasteiger partial charge < -0.3 is 5.73 Å². The second kappa shape index (κ2) is 4.90. The van der Waals surface area contributed by atoms with Gasteiger partial charge in [0.05, 0.1) is 22.1 Å². The number of carbonyl (C=O) groups excluding carboxylic acids is 2. The molecule has 6 nitrogen and oxygen atoms in total. The maximum absolute atomic E-state index is 12.1. The minimum absolute atomic E-state index is 0.147. The van der Waals surface area contributed by atoms with Gasteiger partial charge in [-0.1, -0.05) is 6.07 Å². The SMILES string of the molecule is CC(C)S(=O)(=O)CCN1C(=O)c2cccc(N)c2C1=O. The van der Waals surface area contributed by atoms with E-state index in [9.17, 15) is 18.0 Å². The number of fused-ring (bicyclic) bond motifs is 1. The van der Waals surface area contributed by atoms with E-state index >= 15 is 0 Å². The topological polar surface area (TPSA) is 97.5 Å². The van der Waals surface area contributed by atoms with Crippen molar-refractivity contribution < 1.29 is 18.0 Å². The summed E-state index contributed by atoms with van der Waals surface area (Å²) in [5.74, 6) is -1.26. The molecule has 0 fully saturated rings. The Morgan fingerprint density at radius 2 is 1.85 bits per heavy atom. The summed E-state index contributed by atoms with van der Waals surface area (Å²) >= 11 is 0. The molecule has 1 aromatic carbocycles. The van der Waals surface area contributed by atoms with E-state index in [2.05, 4.69) is 0 Å². The minimum atomic E-state index is -3.31. The molecule has 0 atom stereocenters. The Labute approximate surface area is 117 Å². The van der Waals surface area contributed by atoms with E-state index in [0.29, 0.717) is 0 Å². The van der Waals surface area contributed by atoms with Gasteiger partial charge in [-0.25, -0.2) is 8.42 Å². The van der Waals surface area contributed by atoms with E-state index in [1.807, 2.05) is 0 Å². The number of nitrogen functional groups attached to an aromatic ring is 1. The number of nitrogens with zero attached hydrogens (tertiary/aromatic N) is 1. The average molecular weight is 296 g/mol. The summed E-state index contributed by atoms with van der Waals surface area (Å²) in [5, 5.41) is -0.539. The molecule has 108 valence electrons. The highest BCUT2D eigenvalue weighted by molar-refractivity contribution is 7.92. The predicted octanol–water partition coefficient (Wildman–Crippen LogP) is 0.688. The summed E-state index contributed by atoms with van der Waals surface area (Å²) in [6.45, 7) is 2.98. The molecule has 20 heavy (non-hydrogen) atoms. The third-order valence-electron chi connectivity index (χ3n) is 3.35. The molecule has 0 unspecified atom stereocenters. The Morgan fingerprint density at radius 3 is 2.40 bits per heavy atom. The molecule has 2 amide bonds. The molecule has 0 bridgehead atoms. The van der Waals surface area contributed by atoms with Crippen molar-refractivity contribution in [3.05, 3.63) is 29.3 Å². The van der Waals surface area contributed by atoms with E-state index in [-0.39, 0.29) is 29.1 Å². The van der Waals surface area contributed by atoms with Crippen molar-refractivity contribution in [2.24, 2.45) is 0 Å². The number of amides is 2. The number of imide groups is 1. The Bertz CT molecular complexity index is 680. The van der Waals surface area contributed by atoms with Crippen molar-refractivity contribution in [3.63, 3.8) is 0 Å². The minimum Gasteiger partial charge on any atom is -0.398 e. The van der Waals surface area contributed by atoms with Crippen LogP contribution in [0.5, 0.6) is 0 Å². The number of anilines is 1. The number of sulfone groups is 1. The lowest BCUT2D eigenvalue weighted by Crippen LogP contribution is -2.35. The van der Waals surface area contributed by atoms with Crippen LogP contribution in [0.15, 0.2) is 18.2 Å². The molecule has 0 saturated heterocycles. The number of carbonyl (C=O) groups is 2. The maximum Gasteiger partial charge on any atom is 0.263 e. The molecular weight excluding hydrogens is 280 g/mol. The summed E-state index contributed by atoms with van der Waals surface area (Å²) in [4.78, 5) is 25.2. The highest BCUT2D eigenvalue weighted by Crippen LogP contribution is 2.27. The lowest BCUT2D eigenvalue weighted by molar-refractivity contribution is 0.0664. The third kappa shape index (κ3) is 2.29. The van der Waals surface area contributed by atoms with Crippen LogP contribution in [0.25, 0.3) is 0 Å². The number of nitrogens with two attached hydrogens (primary N) is 1. The van der Waals surface area contributed by atoms with Crippen molar-refractivity contribution in [2.45, 2.75) is 19.1 Å². The maximum atomic E-state index is 12.1. The third-order valence-corrected chi connectivity index (χ3v) is 5.54. The van der Waals surface area contributed by atoms with Crippen LogP contribution in [0, 0.1) is 0 Å². The first-order valence-electron chi connectivity index (χ1n) is 6.22. The first kappa shape index (κ1) is 14.5. The smallest absolute Gasteiger partial charge is 0.263 e. The first-order chi connectivity index (χ1) is 9.25. The van der Waals surface area contributed by atoms with Crippen molar-refractivity contribution in [1.29, 1.82) is 0 Å². The Hall–Kier alpha value is -1.89. The van der Waals surface area contributed by atoms with E-state index in [1.165, 1.54) is 6.07 Å². The lowest BCUT2D eigenvalue weighted by atomic mass is 10.1. The summed E-state index contributed by atoms with van der Waals surface area (Å²) in [6, 6.07) is 4.65. The first-order valence-corrected chi connectivity index (χ1v) is 7.93. The van der Waals surface area contributed by atoms with Crippen LogP contribution in [0.2, 0.25) is 0 Å². The molecule has 1 aliphatic heterocycles. The second-order valence-electron chi connectivity index (χ2n) is 4.95. The number of benzene rings is 1. The largest absolute Gasteiger partial charge is 0.398 e. The standard InChI is InChI=1S/C13H16N2O4S/c1-8(2)20(18,19)7-6-15-12(16)9-4-3-5-10(14)11(9)13(15)17/h3-5,8H,6-7,14H2,1-2H3. The van der Waals surface area contributed by atoms with E-state index < -0.39 is 26.9 Å². The van der Waals surface area contributed by atoms with Crippen LogP contribution in [0.3, 0.4) is 0 Å². The zero-order chi connectivity index (χ0) is 15.1. The second-order valence-corrected chi connectivity index (χ2v) is 7.62. The van der Waals surface area contributed by atoms with Crippen LogP contribution in [0.1, 0.15) is 34.6 Å². The van der Waals surface area contributed by atoms with E-state index in [0.717, 1.165) is 4.90 Å². The van der Waals surface area contributed by atoms with Gasteiger partial charge in [0, 0.05) is 12.2 Å². The number of hydrogen-bond donors (Lipinski definition) is 1. The monoisotopic (exact) mass is 296 g/mol. The van der Waals surface area contributed by atoms with Gasteiger partial charge in [-0.2, -0.15) is 0 Å². The fourth-order valence-corrected chi connectivity index (χ4v) is 2.93.